The highest BCUT2D eigenvalue weighted by atomic mass is 16.4. The van der Waals surface area contributed by atoms with Gasteiger partial charge < -0.3 is 19.9 Å². The molecule has 1 atom stereocenters. The van der Waals surface area contributed by atoms with Crippen LogP contribution in [0.3, 0.4) is 0 Å². The molecule has 1 unspecified atom stereocenters. The van der Waals surface area contributed by atoms with Crippen LogP contribution in [0.25, 0.3) is 0 Å². The Morgan fingerprint density at radius 3 is 2.74 bits per heavy atom. The highest BCUT2D eigenvalue weighted by Crippen LogP contribution is 2.19. The second-order valence-corrected chi connectivity index (χ2v) is 7.40. The molecule has 1 aromatic heterocycles. The van der Waals surface area contributed by atoms with Gasteiger partial charge in [0, 0.05) is 25.8 Å². The van der Waals surface area contributed by atoms with Crippen molar-refractivity contribution in [3.63, 3.8) is 0 Å². The number of carbonyl (C=O) groups excluding carboxylic acids is 2. The van der Waals surface area contributed by atoms with Crippen LogP contribution in [0.5, 0.6) is 0 Å². The second kappa shape index (κ2) is 7.94. The number of amides is 2. The van der Waals surface area contributed by atoms with E-state index in [2.05, 4.69) is 4.98 Å². The van der Waals surface area contributed by atoms with Gasteiger partial charge in [0.1, 0.15) is 5.56 Å². The molecule has 0 spiro atoms. The van der Waals surface area contributed by atoms with Crippen molar-refractivity contribution in [3.05, 3.63) is 33.2 Å². The summed E-state index contributed by atoms with van der Waals surface area (Å²) in [5, 5.41) is 9.14. The third-order valence-corrected chi connectivity index (χ3v) is 5.41. The molecule has 1 saturated heterocycles. The molecule has 0 radical (unpaired) electrons. The fraction of sp³-hybridized carbons (Fsp3) is 0.579. The largest absolute Gasteiger partial charge is 0.481 e. The summed E-state index contributed by atoms with van der Waals surface area (Å²) in [6, 6.07) is 1.65. The van der Waals surface area contributed by atoms with Gasteiger partial charge >= 0.3 is 5.97 Å². The van der Waals surface area contributed by atoms with E-state index in [4.69, 9.17) is 5.11 Å². The van der Waals surface area contributed by atoms with E-state index in [1.165, 1.54) is 16.8 Å². The SMILES string of the molecule is CN(CC(=O)N1CCCC(C(=O)O)C1)C(=O)c1cc2c([nH]c1=O)CCCC2. The molecular weight excluding hydrogens is 350 g/mol. The molecule has 2 heterocycles. The lowest BCUT2D eigenvalue weighted by Crippen LogP contribution is -2.47. The first kappa shape index (κ1) is 19.1. The molecule has 3 rings (SSSR count). The van der Waals surface area contributed by atoms with Gasteiger partial charge in [0.15, 0.2) is 0 Å². The number of aryl methyl sites for hydroxylation is 2. The highest BCUT2D eigenvalue weighted by molar-refractivity contribution is 5.96. The van der Waals surface area contributed by atoms with Crippen LogP contribution in [0, 0.1) is 5.92 Å². The zero-order valence-electron chi connectivity index (χ0n) is 15.5. The van der Waals surface area contributed by atoms with Crippen molar-refractivity contribution in [3.8, 4) is 0 Å². The molecule has 0 saturated carbocycles. The predicted molar refractivity (Wildman–Crippen MR) is 97.6 cm³/mol. The Kier molecular flexibility index (Phi) is 5.62. The molecule has 8 heteroatoms. The molecule has 8 nitrogen and oxygen atoms in total. The number of aliphatic carboxylic acids is 1. The molecule has 0 aromatic carbocycles. The number of carboxylic acid groups (broad SMARTS) is 1. The van der Waals surface area contributed by atoms with E-state index in [1.54, 1.807) is 6.07 Å². The van der Waals surface area contributed by atoms with Gasteiger partial charge in [0.2, 0.25) is 5.91 Å². The van der Waals surface area contributed by atoms with Crippen LogP contribution in [0.1, 0.15) is 47.3 Å². The molecule has 1 aromatic rings. The summed E-state index contributed by atoms with van der Waals surface area (Å²) in [6.07, 6.45) is 4.88. The van der Waals surface area contributed by atoms with Crippen LogP contribution in [-0.2, 0) is 22.4 Å². The number of nitrogens with one attached hydrogen (secondary N) is 1. The first-order valence-electron chi connectivity index (χ1n) is 9.38. The number of fused-ring (bicyclic) bond motifs is 1. The minimum atomic E-state index is -0.905. The van der Waals surface area contributed by atoms with E-state index in [0.29, 0.717) is 19.4 Å². The number of nitrogens with zero attached hydrogens (tertiary/aromatic N) is 2. The van der Waals surface area contributed by atoms with Crippen molar-refractivity contribution in [2.45, 2.75) is 38.5 Å². The lowest BCUT2D eigenvalue weighted by molar-refractivity contribution is -0.145. The van der Waals surface area contributed by atoms with Gasteiger partial charge in [-0.15, -0.1) is 0 Å². The van der Waals surface area contributed by atoms with Gasteiger partial charge in [-0.05, 0) is 50.2 Å². The summed E-state index contributed by atoms with van der Waals surface area (Å²) in [4.78, 5) is 54.1. The van der Waals surface area contributed by atoms with E-state index in [-0.39, 0.29) is 24.6 Å². The molecule has 1 aliphatic heterocycles. The maximum Gasteiger partial charge on any atom is 0.308 e. The topological polar surface area (TPSA) is 111 Å². The smallest absolute Gasteiger partial charge is 0.308 e. The minimum Gasteiger partial charge on any atom is -0.481 e. The van der Waals surface area contributed by atoms with Crippen molar-refractivity contribution in [2.24, 2.45) is 5.92 Å². The Hall–Kier alpha value is -2.64. The van der Waals surface area contributed by atoms with Gasteiger partial charge in [-0.25, -0.2) is 0 Å². The predicted octanol–water partition coefficient (Wildman–Crippen LogP) is 0.649. The van der Waals surface area contributed by atoms with E-state index in [0.717, 1.165) is 36.9 Å². The number of H-pyrrole nitrogens is 1. The monoisotopic (exact) mass is 375 g/mol. The lowest BCUT2D eigenvalue weighted by atomic mass is 9.95. The van der Waals surface area contributed by atoms with Gasteiger partial charge in [-0.3, -0.25) is 19.2 Å². The Balaban J connectivity index is 1.68. The van der Waals surface area contributed by atoms with Gasteiger partial charge in [0.05, 0.1) is 12.5 Å². The number of carboxylic acids is 1. The number of likely N-dealkylation sites (N-methyl/N-ethyl adjacent to an activating group) is 1. The summed E-state index contributed by atoms with van der Waals surface area (Å²) in [5.41, 5.74) is 1.51. The Labute approximate surface area is 157 Å². The zero-order chi connectivity index (χ0) is 19.6. The number of hydrogen-bond donors (Lipinski definition) is 2. The van der Waals surface area contributed by atoms with Crippen LogP contribution in [0.15, 0.2) is 10.9 Å². The van der Waals surface area contributed by atoms with Gasteiger partial charge in [-0.2, -0.15) is 0 Å². The number of hydrogen-bond acceptors (Lipinski definition) is 4. The molecule has 2 amide bonds. The highest BCUT2D eigenvalue weighted by Gasteiger charge is 2.29. The number of piperidine rings is 1. The summed E-state index contributed by atoms with van der Waals surface area (Å²) >= 11 is 0. The molecule has 1 aliphatic carbocycles. The van der Waals surface area contributed by atoms with Crippen molar-refractivity contribution >= 4 is 17.8 Å². The zero-order valence-corrected chi connectivity index (χ0v) is 15.5. The molecule has 0 bridgehead atoms. The maximum atomic E-state index is 12.7. The van der Waals surface area contributed by atoms with Gasteiger partial charge in [-0.1, -0.05) is 0 Å². The first-order valence-corrected chi connectivity index (χ1v) is 9.38. The second-order valence-electron chi connectivity index (χ2n) is 7.40. The van der Waals surface area contributed by atoms with Crippen molar-refractivity contribution in [1.82, 2.24) is 14.8 Å². The van der Waals surface area contributed by atoms with Crippen LogP contribution in [0.4, 0.5) is 0 Å². The average molecular weight is 375 g/mol. The van der Waals surface area contributed by atoms with Crippen LogP contribution >= 0.6 is 0 Å². The number of likely N-dealkylation sites (tertiary alicyclic amines) is 1. The number of aromatic nitrogens is 1. The Bertz CT molecular complexity index is 816. The minimum absolute atomic E-state index is 0.0491. The summed E-state index contributed by atoms with van der Waals surface area (Å²) in [7, 11) is 1.48. The number of rotatable bonds is 4. The van der Waals surface area contributed by atoms with Crippen molar-refractivity contribution in [1.29, 1.82) is 0 Å². The third kappa shape index (κ3) is 4.20. The fourth-order valence-electron chi connectivity index (χ4n) is 3.82. The van der Waals surface area contributed by atoms with E-state index in [9.17, 15) is 19.2 Å². The summed E-state index contributed by atoms with van der Waals surface area (Å²) < 4.78 is 0. The van der Waals surface area contributed by atoms with E-state index < -0.39 is 23.4 Å². The quantitative estimate of drug-likeness (QED) is 0.803. The first-order chi connectivity index (χ1) is 12.9. The lowest BCUT2D eigenvalue weighted by Gasteiger charge is -2.32. The summed E-state index contributed by atoms with van der Waals surface area (Å²) in [5.74, 6) is -2.26. The Morgan fingerprint density at radius 1 is 1.26 bits per heavy atom. The Morgan fingerprint density at radius 2 is 2.00 bits per heavy atom. The maximum absolute atomic E-state index is 12.7. The van der Waals surface area contributed by atoms with Gasteiger partial charge in [0.25, 0.3) is 11.5 Å². The normalized spacial score (nSPS) is 19.3. The number of carbonyl (C=O) groups is 3. The number of aromatic amines is 1. The summed E-state index contributed by atoms with van der Waals surface area (Å²) in [6.45, 7) is 0.474. The van der Waals surface area contributed by atoms with Crippen LogP contribution in [0.2, 0.25) is 0 Å². The third-order valence-electron chi connectivity index (χ3n) is 5.41. The standard InChI is InChI=1S/C19H25N3O5/c1-21(11-16(23)22-8-4-6-13(10-22)19(26)27)18(25)14-9-12-5-2-3-7-15(12)20-17(14)24/h9,13H,2-8,10-11H2,1H3,(H,20,24)(H,26,27). The van der Waals surface area contributed by atoms with Crippen molar-refractivity contribution < 1.29 is 19.5 Å². The molecule has 1 fully saturated rings. The van der Waals surface area contributed by atoms with Crippen LogP contribution < -0.4 is 5.56 Å². The average Bonchev–Trinajstić information content (AvgIpc) is 2.66. The van der Waals surface area contributed by atoms with Crippen molar-refractivity contribution in [2.75, 3.05) is 26.7 Å². The van der Waals surface area contributed by atoms with Crippen LogP contribution in [-0.4, -0.2) is 64.4 Å². The molecule has 2 N–H and O–H groups in total. The number of pyridine rings is 1. The molecular formula is C19H25N3O5. The molecule has 146 valence electrons. The van der Waals surface area contributed by atoms with E-state index >= 15 is 0 Å². The van der Waals surface area contributed by atoms with E-state index in [1.807, 2.05) is 0 Å². The molecule has 27 heavy (non-hydrogen) atoms. The fourth-order valence-corrected chi connectivity index (χ4v) is 3.82. The molecule has 2 aliphatic rings.